The highest BCUT2D eigenvalue weighted by atomic mass is 32.1. The van der Waals surface area contributed by atoms with E-state index in [4.69, 9.17) is 9.47 Å². The van der Waals surface area contributed by atoms with E-state index < -0.39 is 0 Å². The van der Waals surface area contributed by atoms with Gasteiger partial charge in [-0.15, -0.1) is 11.3 Å². The van der Waals surface area contributed by atoms with E-state index in [1.54, 1.807) is 38.5 Å². The number of nitrogens with zero attached hydrogens (tertiary/aromatic N) is 2. The Kier molecular flexibility index (Phi) is 7.75. The molecule has 0 spiro atoms. The molecule has 1 heterocycles. The van der Waals surface area contributed by atoms with Gasteiger partial charge in [0.2, 0.25) is 5.91 Å². The molecule has 1 aromatic carbocycles. The minimum atomic E-state index is -0.275. The molecule has 8 heteroatoms. The van der Waals surface area contributed by atoms with Crippen LogP contribution >= 0.6 is 11.3 Å². The van der Waals surface area contributed by atoms with Crippen LogP contribution < -0.4 is 10.1 Å². The Labute approximate surface area is 163 Å². The molecule has 0 saturated carbocycles. The third-order valence-corrected chi connectivity index (χ3v) is 5.00. The Morgan fingerprint density at radius 2 is 1.89 bits per heavy atom. The zero-order chi connectivity index (χ0) is 19.8. The average Bonchev–Trinajstić information content (AvgIpc) is 2.97. The fraction of sp³-hybridized carbons (Fsp3) is 0.421. The number of methoxy groups -OCH3 is 2. The van der Waals surface area contributed by atoms with Crippen molar-refractivity contribution in [3.8, 4) is 5.75 Å². The fourth-order valence-electron chi connectivity index (χ4n) is 2.43. The fourth-order valence-corrected chi connectivity index (χ4v) is 3.26. The van der Waals surface area contributed by atoms with Gasteiger partial charge in [0.05, 0.1) is 12.8 Å². The average molecular weight is 391 g/mol. The van der Waals surface area contributed by atoms with Crippen LogP contribution in [0.15, 0.2) is 24.3 Å². The summed E-state index contributed by atoms with van der Waals surface area (Å²) in [7, 11) is 3.18. The summed E-state index contributed by atoms with van der Waals surface area (Å²) in [5, 5.41) is 3.32. The minimum absolute atomic E-state index is 0.0494. The van der Waals surface area contributed by atoms with Crippen LogP contribution in [0.1, 0.15) is 27.3 Å². The monoisotopic (exact) mass is 391 g/mol. The van der Waals surface area contributed by atoms with E-state index in [-0.39, 0.29) is 18.4 Å². The van der Waals surface area contributed by atoms with Crippen LogP contribution in [-0.4, -0.2) is 55.6 Å². The number of aromatic nitrogens is 1. The maximum atomic E-state index is 12.8. The second kappa shape index (κ2) is 10.0. The zero-order valence-electron chi connectivity index (χ0n) is 16.1. The largest absolute Gasteiger partial charge is 0.497 e. The van der Waals surface area contributed by atoms with Crippen molar-refractivity contribution in [1.82, 2.24) is 9.88 Å². The van der Waals surface area contributed by atoms with E-state index in [9.17, 15) is 9.59 Å². The van der Waals surface area contributed by atoms with Crippen molar-refractivity contribution in [2.75, 3.05) is 39.2 Å². The molecule has 1 N–H and O–H groups in total. The highest BCUT2D eigenvalue weighted by Crippen LogP contribution is 2.21. The molecule has 0 unspecified atom stereocenters. The summed E-state index contributed by atoms with van der Waals surface area (Å²) < 4.78 is 10.2. The van der Waals surface area contributed by atoms with Crippen molar-refractivity contribution in [1.29, 1.82) is 0 Å². The Hall–Kier alpha value is -2.45. The lowest BCUT2D eigenvalue weighted by atomic mass is 10.2. The van der Waals surface area contributed by atoms with Crippen molar-refractivity contribution in [2.24, 2.45) is 0 Å². The molecule has 0 aliphatic heterocycles. The molecule has 0 aliphatic rings. The first kappa shape index (κ1) is 20.9. The lowest BCUT2D eigenvalue weighted by molar-refractivity contribution is -0.116. The molecule has 27 heavy (non-hydrogen) atoms. The van der Waals surface area contributed by atoms with Crippen LogP contribution in [0.2, 0.25) is 0 Å². The van der Waals surface area contributed by atoms with E-state index in [2.05, 4.69) is 10.3 Å². The summed E-state index contributed by atoms with van der Waals surface area (Å²) in [6.07, 6.45) is 0.640. The molecule has 0 saturated heterocycles. The molecule has 0 aliphatic carbocycles. The molecule has 2 amide bonds. The van der Waals surface area contributed by atoms with Gasteiger partial charge in [-0.2, -0.15) is 0 Å². The molecule has 0 bridgehead atoms. The first-order valence-corrected chi connectivity index (χ1v) is 9.42. The van der Waals surface area contributed by atoms with Crippen LogP contribution in [0, 0.1) is 13.8 Å². The highest BCUT2D eigenvalue weighted by Gasteiger charge is 2.19. The lowest BCUT2D eigenvalue weighted by Gasteiger charge is -2.22. The van der Waals surface area contributed by atoms with Crippen LogP contribution in [0.4, 0.5) is 5.13 Å². The third-order valence-electron chi connectivity index (χ3n) is 4.01. The number of thiazole rings is 1. The SMILES string of the molecule is COCCCN(CC(=O)Nc1nc(C)c(C)s1)C(=O)c1ccc(OC)cc1. The summed E-state index contributed by atoms with van der Waals surface area (Å²) in [5.74, 6) is 0.183. The van der Waals surface area contributed by atoms with Crippen molar-refractivity contribution in [2.45, 2.75) is 20.3 Å². The van der Waals surface area contributed by atoms with E-state index in [0.717, 1.165) is 10.6 Å². The summed E-state index contributed by atoms with van der Waals surface area (Å²) >= 11 is 1.42. The number of hydrogen-bond donors (Lipinski definition) is 1. The number of carbonyl (C=O) groups is 2. The maximum Gasteiger partial charge on any atom is 0.254 e. The highest BCUT2D eigenvalue weighted by molar-refractivity contribution is 7.15. The van der Waals surface area contributed by atoms with Gasteiger partial charge in [0.1, 0.15) is 12.3 Å². The second-order valence-corrected chi connectivity index (χ2v) is 7.21. The molecule has 2 rings (SSSR count). The van der Waals surface area contributed by atoms with E-state index >= 15 is 0 Å². The Morgan fingerprint density at radius 3 is 2.44 bits per heavy atom. The topological polar surface area (TPSA) is 80.8 Å². The van der Waals surface area contributed by atoms with Crippen molar-refractivity contribution in [3.63, 3.8) is 0 Å². The van der Waals surface area contributed by atoms with E-state index in [0.29, 0.717) is 36.0 Å². The number of nitrogens with one attached hydrogen (secondary N) is 1. The van der Waals surface area contributed by atoms with Gasteiger partial charge >= 0.3 is 0 Å². The standard InChI is InChI=1S/C19H25N3O4S/c1-13-14(2)27-19(20-13)21-17(23)12-22(10-5-11-25-3)18(24)15-6-8-16(26-4)9-7-15/h6-9H,5,10-12H2,1-4H3,(H,20,21,23). The van der Waals surface area contributed by atoms with Gasteiger partial charge in [-0.05, 0) is 44.5 Å². The number of ether oxygens (including phenoxy) is 2. The smallest absolute Gasteiger partial charge is 0.254 e. The summed E-state index contributed by atoms with van der Waals surface area (Å²) in [6.45, 7) is 4.73. The summed E-state index contributed by atoms with van der Waals surface area (Å²) in [5.41, 5.74) is 1.39. The number of rotatable bonds is 9. The molecule has 146 valence electrons. The normalized spacial score (nSPS) is 10.5. The van der Waals surface area contributed by atoms with Gasteiger partial charge < -0.3 is 19.7 Å². The number of aryl methyl sites for hydroxylation is 2. The Morgan fingerprint density at radius 1 is 1.19 bits per heavy atom. The van der Waals surface area contributed by atoms with Gasteiger partial charge in [-0.1, -0.05) is 0 Å². The van der Waals surface area contributed by atoms with Crippen molar-refractivity contribution < 1.29 is 19.1 Å². The molecular formula is C19H25N3O4S. The van der Waals surface area contributed by atoms with Crippen molar-refractivity contribution >= 4 is 28.3 Å². The Bertz CT molecular complexity index is 754. The molecule has 1 aromatic heterocycles. The van der Waals surface area contributed by atoms with Gasteiger partial charge in [0, 0.05) is 30.7 Å². The van der Waals surface area contributed by atoms with Crippen molar-refractivity contribution in [3.05, 3.63) is 40.4 Å². The molecular weight excluding hydrogens is 366 g/mol. The minimum Gasteiger partial charge on any atom is -0.497 e. The molecule has 0 atom stereocenters. The molecule has 7 nitrogen and oxygen atoms in total. The number of anilines is 1. The number of benzene rings is 1. The lowest BCUT2D eigenvalue weighted by Crippen LogP contribution is -2.39. The first-order chi connectivity index (χ1) is 12.9. The third kappa shape index (κ3) is 6.04. The molecule has 0 radical (unpaired) electrons. The number of hydrogen-bond acceptors (Lipinski definition) is 6. The van der Waals surface area contributed by atoms with E-state index in [1.807, 2.05) is 13.8 Å². The summed E-state index contributed by atoms with van der Waals surface area (Å²) in [6, 6.07) is 6.83. The maximum absolute atomic E-state index is 12.8. The predicted octanol–water partition coefficient (Wildman–Crippen LogP) is 2.89. The van der Waals surface area contributed by atoms with Crippen LogP contribution in [-0.2, 0) is 9.53 Å². The van der Waals surface area contributed by atoms with Gasteiger partial charge in [-0.25, -0.2) is 4.98 Å². The number of amides is 2. The van der Waals surface area contributed by atoms with Gasteiger partial charge in [0.15, 0.2) is 5.13 Å². The van der Waals surface area contributed by atoms with Gasteiger partial charge in [0.25, 0.3) is 5.91 Å². The zero-order valence-corrected chi connectivity index (χ0v) is 16.9. The van der Waals surface area contributed by atoms with Crippen LogP contribution in [0.5, 0.6) is 5.75 Å². The first-order valence-electron chi connectivity index (χ1n) is 8.60. The van der Waals surface area contributed by atoms with Crippen LogP contribution in [0.25, 0.3) is 0 Å². The quantitative estimate of drug-likeness (QED) is 0.665. The van der Waals surface area contributed by atoms with Crippen LogP contribution in [0.3, 0.4) is 0 Å². The summed E-state index contributed by atoms with van der Waals surface area (Å²) in [4.78, 5) is 32.1. The van der Waals surface area contributed by atoms with E-state index in [1.165, 1.54) is 16.2 Å². The van der Waals surface area contributed by atoms with Gasteiger partial charge in [-0.3, -0.25) is 9.59 Å². The second-order valence-electron chi connectivity index (χ2n) is 6.01. The Balaban J connectivity index is 2.07. The molecule has 0 fully saturated rings. The predicted molar refractivity (Wildman–Crippen MR) is 106 cm³/mol. The number of carbonyl (C=O) groups excluding carboxylic acids is 2. The molecule has 2 aromatic rings.